The minimum Gasteiger partial charge on any atom is -0.428 e. The number of allylic oxidation sites excluding steroid dienone is 4. The Hall–Kier alpha value is -1.31. The Bertz CT molecular complexity index is 224. The summed E-state index contributed by atoms with van der Waals surface area (Å²) >= 11 is 0. The Labute approximate surface area is 65.9 Å². The predicted octanol–water partition coefficient (Wildman–Crippen LogP) is 1.95. The van der Waals surface area contributed by atoms with Crippen molar-refractivity contribution in [1.29, 1.82) is 0 Å². The van der Waals surface area contributed by atoms with Crippen LogP contribution in [0.3, 0.4) is 0 Å². The quantitative estimate of drug-likeness (QED) is 0.444. The first-order valence-corrected chi connectivity index (χ1v) is 3.53. The number of rotatable bonds is 2. The molecule has 0 spiro atoms. The third-order valence-corrected chi connectivity index (χ3v) is 1.37. The van der Waals surface area contributed by atoms with Crippen molar-refractivity contribution in [2.45, 2.75) is 12.8 Å². The van der Waals surface area contributed by atoms with Gasteiger partial charge in [-0.3, -0.25) is 0 Å². The van der Waals surface area contributed by atoms with Crippen molar-refractivity contribution in [1.82, 2.24) is 0 Å². The molecule has 0 aromatic rings. The summed E-state index contributed by atoms with van der Waals surface area (Å²) < 4.78 is 4.89. The maximum Gasteiger partial charge on any atom is 0.335 e. The van der Waals surface area contributed by atoms with Crippen LogP contribution in [-0.2, 0) is 9.53 Å². The lowest BCUT2D eigenvalue weighted by Gasteiger charge is -2.06. The van der Waals surface area contributed by atoms with E-state index in [1.165, 1.54) is 6.08 Å². The van der Waals surface area contributed by atoms with Crippen molar-refractivity contribution in [2.75, 3.05) is 0 Å². The van der Waals surface area contributed by atoms with Gasteiger partial charge in [0.25, 0.3) is 0 Å². The Morgan fingerprint density at radius 2 is 2.55 bits per heavy atom. The molecule has 1 aliphatic carbocycles. The van der Waals surface area contributed by atoms with E-state index in [1.807, 2.05) is 12.2 Å². The first-order valence-electron chi connectivity index (χ1n) is 3.53. The number of esters is 1. The summed E-state index contributed by atoms with van der Waals surface area (Å²) in [4.78, 5) is 10.7. The van der Waals surface area contributed by atoms with Crippen molar-refractivity contribution in [3.63, 3.8) is 0 Å². The highest BCUT2D eigenvalue weighted by Crippen LogP contribution is 2.12. The molecule has 0 unspecified atom stereocenters. The highest BCUT2D eigenvalue weighted by atomic mass is 16.5. The molecular weight excluding hydrogens is 140 g/mol. The van der Waals surface area contributed by atoms with E-state index in [1.54, 1.807) is 6.08 Å². The average Bonchev–Trinajstić information content (AvgIpc) is 2.06. The lowest BCUT2D eigenvalue weighted by atomic mass is 10.2. The van der Waals surface area contributed by atoms with Gasteiger partial charge in [-0.25, -0.2) is 4.79 Å². The average molecular weight is 150 g/mol. The topological polar surface area (TPSA) is 26.3 Å². The van der Waals surface area contributed by atoms with Crippen molar-refractivity contribution < 1.29 is 9.53 Å². The number of hydrogen-bond donors (Lipinski definition) is 0. The molecule has 0 radical (unpaired) electrons. The molecule has 0 amide bonds. The van der Waals surface area contributed by atoms with Crippen LogP contribution < -0.4 is 0 Å². The molecule has 0 N–H and O–H groups in total. The molecule has 1 aliphatic rings. The summed E-state index contributed by atoms with van der Waals surface area (Å²) in [7, 11) is 0. The molecule has 0 saturated heterocycles. The zero-order valence-corrected chi connectivity index (χ0v) is 6.25. The van der Waals surface area contributed by atoms with Gasteiger partial charge in [-0.2, -0.15) is 0 Å². The SMILES string of the molecule is C=CC(=O)OC1=CC=CCC1. The van der Waals surface area contributed by atoms with E-state index in [9.17, 15) is 4.79 Å². The third kappa shape index (κ3) is 2.42. The first-order chi connectivity index (χ1) is 5.33. The van der Waals surface area contributed by atoms with Crippen molar-refractivity contribution in [2.24, 2.45) is 0 Å². The number of carbonyl (C=O) groups excluding carboxylic acids is 1. The van der Waals surface area contributed by atoms with Gasteiger partial charge in [0.05, 0.1) is 0 Å². The molecule has 0 fully saturated rings. The lowest BCUT2D eigenvalue weighted by Crippen LogP contribution is -2.01. The van der Waals surface area contributed by atoms with Gasteiger partial charge in [0, 0.05) is 12.5 Å². The van der Waals surface area contributed by atoms with E-state index in [0.29, 0.717) is 0 Å². The smallest absolute Gasteiger partial charge is 0.335 e. The zero-order valence-electron chi connectivity index (χ0n) is 6.25. The largest absolute Gasteiger partial charge is 0.428 e. The second kappa shape index (κ2) is 3.76. The van der Waals surface area contributed by atoms with Crippen LogP contribution in [0.5, 0.6) is 0 Å². The van der Waals surface area contributed by atoms with Gasteiger partial charge in [-0.05, 0) is 12.5 Å². The zero-order chi connectivity index (χ0) is 8.10. The highest BCUT2D eigenvalue weighted by Gasteiger charge is 2.03. The van der Waals surface area contributed by atoms with Gasteiger partial charge >= 0.3 is 5.97 Å². The van der Waals surface area contributed by atoms with Crippen LogP contribution in [0.4, 0.5) is 0 Å². The summed E-state index contributed by atoms with van der Waals surface area (Å²) in [5.41, 5.74) is 0. The summed E-state index contributed by atoms with van der Waals surface area (Å²) in [6.07, 6.45) is 8.62. The van der Waals surface area contributed by atoms with Gasteiger partial charge in [0.2, 0.25) is 0 Å². The van der Waals surface area contributed by atoms with Crippen molar-refractivity contribution in [3.8, 4) is 0 Å². The van der Waals surface area contributed by atoms with Crippen LogP contribution in [0.2, 0.25) is 0 Å². The van der Waals surface area contributed by atoms with Crippen LogP contribution in [0.25, 0.3) is 0 Å². The molecular formula is C9H10O2. The van der Waals surface area contributed by atoms with E-state index >= 15 is 0 Å². The Balaban J connectivity index is 2.48. The van der Waals surface area contributed by atoms with E-state index < -0.39 is 0 Å². The van der Waals surface area contributed by atoms with Gasteiger partial charge in [-0.1, -0.05) is 18.7 Å². The molecule has 0 bridgehead atoms. The summed E-state index contributed by atoms with van der Waals surface area (Å²) in [5.74, 6) is 0.337. The van der Waals surface area contributed by atoms with Gasteiger partial charge in [0.15, 0.2) is 0 Å². The summed E-state index contributed by atoms with van der Waals surface area (Å²) in [6, 6.07) is 0. The Morgan fingerprint density at radius 1 is 1.73 bits per heavy atom. The normalized spacial score (nSPS) is 15.5. The molecule has 1 rings (SSSR count). The second-order valence-electron chi connectivity index (χ2n) is 2.23. The van der Waals surface area contributed by atoms with Gasteiger partial charge < -0.3 is 4.74 Å². The maximum absolute atomic E-state index is 10.7. The first kappa shape index (κ1) is 7.79. The van der Waals surface area contributed by atoms with Crippen molar-refractivity contribution in [3.05, 3.63) is 36.6 Å². The van der Waals surface area contributed by atoms with E-state index in [4.69, 9.17) is 4.74 Å². The predicted molar refractivity (Wildman–Crippen MR) is 42.7 cm³/mol. The van der Waals surface area contributed by atoms with E-state index in [-0.39, 0.29) is 5.97 Å². The van der Waals surface area contributed by atoms with Crippen LogP contribution in [0.1, 0.15) is 12.8 Å². The number of carbonyl (C=O) groups is 1. The van der Waals surface area contributed by atoms with Crippen LogP contribution >= 0.6 is 0 Å². The minimum atomic E-state index is -0.383. The monoisotopic (exact) mass is 150 g/mol. The van der Waals surface area contributed by atoms with Gasteiger partial charge in [-0.15, -0.1) is 0 Å². The minimum absolute atomic E-state index is 0.383. The van der Waals surface area contributed by atoms with Crippen LogP contribution in [0, 0.1) is 0 Å². The maximum atomic E-state index is 10.7. The Morgan fingerprint density at radius 3 is 3.09 bits per heavy atom. The molecule has 2 nitrogen and oxygen atoms in total. The van der Waals surface area contributed by atoms with E-state index in [0.717, 1.165) is 18.6 Å². The van der Waals surface area contributed by atoms with Crippen molar-refractivity contribution >= 4 is 5.97 Å². The summed E-state index contributed by atoms with van der Waals surface area (Å²) in [6.45, 7) is 3.31. The number of hydrogen-bond acceptors (Lipinski definition) is 2. The second-order valence-corrected chi connectivity index (χ2v) is 2.23. The molecule has 0 atom stereocenters. The highest BCUT2D eigenvalue weighted by molar-refractivity contribution is 5.82. The fourth-order valence-corrected chi connectivity index (χ4v) is 0.836. The van der Waals surface area contributed by atoms with Gasteiger partial charge in [0.1, 0.15) is 5.76 Å². The molecule has 11 heavy (non-hydrogen) atoms. The van der Waals surface area contributed by atoms with Crippen LogP contribution in [-0.4, -0.2) is 5.97 Å². The molecule has 0 saturated carbocycles. The molecule has 2 heteroatoms. The molecule has 58 valence electrons. The third-order valence-electron chi connectivity index (χ3n) is 1.37. The van der Waals surface area contributed by atoms with E-state index in [2.05, 4.69) is 6.58 Å². The molecule has 0 aromatic carbocycles. The fraction of sp³-hybridized carbons (Fsp3) is 0.222. The standard InChI is InChI=1S/C9H10O2/c1-2-9(10)11-8-6-4-3-5-7-8/h2-4,6H,1,5,7H2. The van der Waals surface area contributed by atoms with Crippen LogP contribution in [0.15, 0.2) is 36.6 Å². The Kier molecular flexibility index (Phi) is 2.66. The fourth-order valence-electron chi connectivity index (χ4n) is 0.836. The summed E-state index contributed by atoms with van der Waals surface area (Å²) in [5, 5.41) is 0. The lowest BCUT2D eigenvalue weighted by molar-refractivity contribution is -0.134. The number of ether oxygens (including phenoxy) is 1. The molecule has 0 aliphatic heterocycles. The molecule has 0 aromatic heterocycles. The molecule has 0 heterocycles.